The van der Waals surface area contributed by atoms with Gasteiger partial charge in [0.2, 0.25) is 0 Å². The molecule has 11 rings (SSSR count). The molecule has 0 aliphatic carbocycles. The molecule has 3 heterocycles. The second-order valence-electron chi connectivity index (χ2n) is 18.3. The standard InChI is InChI=1S/C56H48N2S/c1-55(2,3)39-27-31-49-45(33-39)46-34-40(56(4,5)6)28-32-50(46)57(49)41-35-47-44-21-13-14-22-48(44)58-51-23-15-16-24-52(51)59(53(36-41)54(47)58,42-19-11-8-12-20-42)43-29-25-38(26-30-43)37-17-9-7-10-18-37/h7-36H,1-6H3. The molecular formula is C56H48N2S. The Kier molecular flexibility index (Phi) is 7.81. The van der Waals surface area contributed by atoms with Gasteiger partial charge < -0.3 is 9.13 Å². The topological polar surface area (TPSA) is 9.86 Å². The molecule has 288 valence electrons. The third-order valence-corrected chi connectivity index (χ3v) is 16.6. The van der Waals surface area contributed by atoms with Crippen molar-refractivity contribution in [2.75, 3.05) is 0 Å². The van der Waals surface area contributed by atoms with E-state index < -0.39 is 10.0 Å². The molecule has 3 heteroatoms. The summed E-state index contributed by atoms with van der Waals surface area (Å²) < 4.78 is 5.11. The van der Waals surface area contributed by atoms with Crippen molar-refractivity contribution in [3.8, 4) is 22.5 Å². The SMILES string of the molecule is CC(C)(C)c1ccc2c(c1)c1cc(C(C)(C)C)ccc1n2-c1cc2c3c(c1)c1ccccc1n3-c1ccccc1S2(c1ccccc1)c1ccc(-c2ccccc2)cc1. The first kappa shape index (κ1) is 35.8. The summed E-state index contributed by atoms with van der Waals surface area (Å²) >= 11 is 0. The van der Waals surface area contributed by atoms with Gasteiger partial charge in [-0.2, -0.15) is 0 Å². The Morgan fingerprint density at radius 3 is 1.54 bits per heavy atom. The Morgan fingerprint density at radius 1 is 0.373 bits per heavy atom. The van der Waals surface area contributed by atoms with E-state index >= 15 is 0 Å². The van der Waals surface area contributed by atoms with Crippen molar-refractivity contribution >= 4 is 53.6 Å². The van der Waals surface area contributed by atoms with Crippen LogP contribution in [0, 0.1) is 0 Å². The zero-order valence-electron chi connectivity index (χ0n) is 34.6. The fraction of sp³-hybridized carbons (Fsp3) is 0.143. The zero-order chi connectivity index (χ0) is 40.3. The van der Waals surface area contributed by atoms with Crippen molar-refractivity contribution in [1.82, 2.24) is 9.13 Å². The minimum atomic E-state index is -2.03. The summed E-state index contributed by atoms with van der Waals surface area (Å²) in [5, 5.41) is 5.16. The van der Waals surface area contributed by atoms with E-state index in [0.717, 1.165) is 0 Å². The highest BCUT2D eigenvalue weighted by atomic mass is 32.3. The highest BCUT2D eigenvalue weighted by molar-refractivity contribution is 8.34. The minimum absolute atomic E-state index is 0.0251. The lowest BCUT2D eigenvalue weighted by Crippen LogP contribution is -2.15. The van der Waals surface area contributed by atoms with Crippen molar-refractivity contribution in [2.45, 2.75) is 72.0 Å². The molecule has 10 aromatic rings. The Bertz CT molecular complexity index is 3190. The van der Waals surface area contributed by atoms with Gasteiger partial charge in [0, 0.05) is 46.8 Å². The smallest absolute Gasteiger partial charge is 0.0673 e. The molecule has 8 aromatic carbocycles. The fourth-order valence-electron chi connectivity index (χ4n) is 9.66. The van der Waals surface area contributed by atoms with Crippen LogP contribution in [0.5, 0.6) is 0 Å². The van der Waals surface area contributed by atoms with Gasteiger partial charge in [-0.1, -0.05) is 145 Å². The molecule has 0 amide bonds. The molecule has 0 saturated carbocycles. The van der Waals surface area contributed by atoms with Gasteiger partial charge in [-0.05, 0) is 112 Å². The molecule has 0 N–H and O–H groups in total. The van der Waals surface area contributed by atoms with Crippen LogP contribution in [0.25, 0.3) is 66.1 Å². The Morgan fingerprint density at radius 2 is 0.898 bits per heavy atom. The lowest BCUT2D eigenvalue weighted by atomic mass is 9.85. The van der Waals surface area contributed by atoms with Crippen molar-refractivity contribution in [3.05, 3.63) is 193 Å². The molecule has 0 radical (unpaired) electrons. The first-order valence-corrected chi connectivity index (χ1v) is 22.5. The molecule has 2 nitrogen and oxygen atoms in total. The van der Waals surface area contributed by atoms with Crippen molar-refractivity contribution in [3.63, 3.8) is 0 Å². The van der Waals surface area contributed by atoms with E-state index in [1.54, 1.807) is 0 Å². The number of benzene rings is 8. The van der Waals surface area contributed by atoms with Crippen LogP contribution in [0.3, 0.4) is 0 Å². The van der Waals surface area contributed by atoms with Gasteiger partial charge in [0.25, 0.3) is 0 Å². The lowest BCUT2D eigenvalue weighted by Gasteiger charge is -2.46. The first-order valence-electron chi connectivity index (χ1n) is 20.8. The predicted molar refractivity (Wildman–Crippen MR) is 251 cm³/mol. The van der Waals surface area contributed by atoms with E-state index in [2.05, 4.69) is 233 Å². The minimum Gasteiger partial charge on any atom is -0.309 e. The molecule has 1 atom stereocenters. The molecule has 1 unspecified atom stereocenters. The number of rotatable bonds is 4. The third kappa shape index (κ3) is 5.27. The summed E-state index contributed by atoms with van der Waals surface area (Å²) in [7, 11) is -2.03. The van der Waals surface area contributed by atoms with Gasteiger partial charge in [0.1, 0.15) is 0 Å². The van der Waals surface area contributed by atoms with E-state index in [0.29, 0.717) is 0 Å². The van der Waals surface area contributed by atoms with Crippen LogP contribution in [-0.4, -0.2) is 9.13 Å². The Balaban J connectivity index is 1.31. The summed E-state index contributed by atoms with van der Waals surface area (Å²) in [5.41, 5.74) is 12.7. The highest BCUT2D eigenvalue weighted by Gasteiger charge is 2.42. The summed E-state index contributed by atoms with van der Waals surface area (Å²) in [5.74, 6) is 0. The molecule has 0 saturated heterocycles. The molecule has 1 aliphatic heterocycles. The highest BCUT2D eigenvalue weighted by Crippen LogP contribution is 2.77. The molecule has 0 fully saturated rings. The number of aromatic nitrogens is 2. The number of nitrogens with zero attached hydrogens (tertiary/aromatic N) is 2. The van der Waals surface area contributed by atoms with E-state index in [1.807, 2.05) is 0 Å². The predicted octanol–water partition coefficient (Wildman–Crippen LogP) is 15.8. The quantitative estimate of drug-likeness (QED) is 0.168. The van der Waals surface area contributed by atoms with E-state index in [4.69, 9.17) is 0 Å². The van der Waals surface area contributed by atoms with E-state index in [-0.39, 0.29) is 10.8 Å². The first-order chi connectivity index (χ1) is 28.5. The molecule has 0 spiro atoms. The molecular weight excluding hydrogens is 733 g/mol. The van der Waals surface area contributed by atoms with E-state index in [1.165, 1.54) is 96.8 Å². The maximum absolute atomic E-state index is 2.56. The van der Waals surface area contributed by atoms with Crippen LogP contribution in [-0.2, 0) is 10.8 Å². The van der Waals surface area contributed by atoms with Gasteiger partial charge in [-0.25, -0.2) is 0 Å². The van der Waals surface area contributed by atoms with Gasteiger partial charge in [0.05, 0.1) is 27.8 Å². The molecule has 1 aliphatic rings. The summed E-state index contributed by atoms with van der Waals surface area (Å²) in [6.07, 6.45) is 0. The van der Waals surface area contributed by atoms with Crippen LogP contribution < -0.4 is 0 Å². The maximum atomic E-state index is 2.56. The largest absolute Gasteiger partial charge is 0.309 e. The number of hydrogen-bond acceptors (Lipinski definition) is 0. The second-order valence-corrected chi connectivity index (χ2v) is 21.3. The van der Waals surface area contributed by atoms with Crippen molar-refractivity contribution in [2.24, 2.45) is 0 Å². The normalized spacial score (nSPS) is 16.4. The number of para-hydroxylation sites is 2. The van der Waals surface area contributed by atoms with Gasteiger partial charge >= 0.3 is 0 Å². The van der Waals surface area contributed by atoms with E-state index in [9.17, 15) is 0 Å². The van der Waals surface area contributed by atoms with Crippen LogP contribution in [0.1, 0.15) is 52.7 Å². The maximum Gasteiger partial charge on any atom is 0.0673 e. The Hall–Kier alpha value is -6.29. The zero-order valence-corrected chi connectivity index (χ0v) is 35.4. The average Bonchev–Trinajstić information content (AvgIpc) is 3.77. The van der Waals surface area contributed by atoms with Crippen molar-refractivity contribution < 1.29 is 0 Å². The van der Waals surface area contributed by atoms with Gasteiger partial charge in [0.15, 0.2) is 0 Å². The molecule has 2 aromatic heterocycles. The summed E-state index contributed by atoms with van der Waals surface area (Å²) in [6, 6.07) is 69.2. The fourth-order valence-corrected chi connectivity index (χ4v) is 13.8. The van der Waals surface area contributed by atoms with Crippen LogP contribution in [0.4, 0.5) is 0 Å². The van der Waals surface area contributed by atoms with Crippen LogP contribution in [0.15, 0.2) is 202 Å². The second kappa shape index (κ2) is 12.9. The van der Waals surface area contributed by atoms with Crippen molar-refractivity contribution in [1.29, 1.82) is 0 Å². The Labute approximate surface area is 348 Å². The molecule has 0 bridgehead atoms. The lowest BCUT2D eigenvalue weighted by molar-refractivity contribution is 0.590. The summed E-state index contributed by atoms with van der Waals surface area (Å²) in [4.78, 5) is 5.39. The third-order valence-electron chi connectivity index (χ3n) is 12.7. The monoisotopic (exact) mass is 780 g/mol. The van der Waals surface area contributed by atoms with Crippen LogP contribution in [0.2, 0.25) is 0 Å². The van der Waals surface area contributed by atoms with Crippen LogP contribution >= 0.6 is 10.0 Å². The summed E-state index contributed by atoms with van der Waals surface area (Å²) in [6.45, 7) is 13.9. The molecule has 59 heavy (non-hydrogen) atoms. The number of fused-ring (bicyclic) bond motifs is 8. The number of hydrogen-bond donors (Lipinski definition) is 0. The average molecular weight is 781 g/mol. The van der Waals surface area contributed by atoms with Gasteiger partial charge in [-0.15, -0.1) is 10.0 Å². The van der Waals surface area contributed by atoms with Gasteiger partial charge in [-0.3, -0.25) is 0 Å².